The molecular formula is C26H53NO8P+. The summed E-state index contributed by atoms with van der Waals surface area (Å²) in [7, 11) is 1.49. The number of ether oxygens (including phenoxy) is 1. The molecule has 214 valence electrons. The number of allylic oxidation sites excluding steroid dienone is 2. The number of quaternary nitrogens is 1. The average molecular weight is 539 g/mol. The van der Waals surface area contributed by atoms with Gasteiger partial charge < -0.3 is 14.1 Å². The Kier molecular flexibility index (Phi) is 21.7. The number of likely N-dealkylation sites (N-methyl/N-ethyl adjacent to an activating group) is 1. The highest BCUT2D eigenvalue weighted by atomic mass is 31.2. The van der Waals surface area contributed by atoms with Crippen molar-refractivity contribution in [2.24, 2.45) is 0 Å². The molecule has 36 heavy (non-hydrogen) atoms. The molecular weight excluding hydrogens is 485 g/mol. The molecule has 2 N–H and O–H groups in total. The monoisotopic (exact) mass is 538 g/mol. The van der Waals surface area contributed by atoms with E-state index in [0.717, 1.165) is 32.1 Å². The third-order valence-corrected chi connectivity index (χ3v) is 6.65. The molecule has 0 aliphatic heterocycles. The van der Waals surface area contributed by atoms with Crippen LogP contribution in [0.4, 0.5) is 0 Å². The summed E-state index contributed by atoms with van der Waals surface area (Å²) in [5, 5.41) is 8.94. The maximum Gasteiger partial charge on any atom is 0.472 e. The summed E-state index contributed by atoms with van der Waals surface area (Å²) in [4.78, 5) is 25.8. The molecule has 0 saturated carbocycles. The lowest BCUT2D eigenvalue weighted by molar-refractivity contribution is -0.870. The predicted molar refractivity (Wildman–Crippen MR) is 143 cm³/mol. The van der Waals surface area contributed by atoms with Gasteiger partial charge >= 0.3 is 13.8 Å². The van der Waals surface area contributed by atoms with Crippen LogP contribution in [-0.2, 0) is 28.0 Å². The van der Waals surface area contributed by atoms with E-state index in [4.69, 9.17) is 19.0 Å². The average Bonchev–Trinajstić information content (AvgIpc) is 2.80. The highest BCUT2D eigenvalue weighted by Gasteiger charge is 2.25. The molecule has 0 aromatic rings. The number of rotatable bonds is 25. The van der Waals surface area contributed by atoms with Gasteiger partial charge in [-0.3, -0.25) is 19.1 Å². The fourth-order valence-corrected chi connectivity index (χ4v) is 4.09. The van der Waals surface area contributed by atoms with E-state index in [-0.39, 0.29) is 19.6 Å². The van der Waals surface area contributed by atoms with Crippen LogP contribution in [0.2, 0.25) is 0 Å². The maximum absolute atomic E-state index is 11.9. The van der Waals surface area contributed by atoms with Crippen LogP contribution in [0.5, 0.6) is 0 Å². The lowest BCUT2D eigenvalue weighted by Crippen LogP contribution is -2.37. The summed E-state index contributed by atoms with van der Waals surface area (Å²) in [6.45, 7) is 2.07. The minimum atomic E-state index is -4.29. The number of nitrogens with zero attached hydrogens (tertiary/aromatic N) is 1. The number of hydrogen-bond acceptors (Lipinski definition) is 7. The zero-order valence-electron chi connectivity index (χ0n) is 23.2. The van der Waals surface area contributed by atoms with Crippen molar-refractivity contribution < 1.29 is 42.7 Å². The minimum Gasteiger partial charge on any atom is -0.463 e. The Hall–Kier alpha value is -0.800. The Balaban J connectivity index is 3.71. The second-order valence-corrected chi connectivity index (χ2v) is 11.8. The van der Waals surface area contributed by atoms with E-state index in [9.17, 15) is 14.3 Å². The first-order valence-electron chi connectivity index (χ1n) is 13.6. The van der Waals surface area contributed by atoms with Gasteiger partial charge in [0.25, 0.3) is 0 Å². The first-order valence-corrected chi connectivity index (χ1v) is 15.1. The van der Waals surface area contributed by atoms with Gasteiger partial charge in [-0.1, -0.05) is 70.4 Å². The first kappa shape index (κ1) is 35.2. The van der Waals surface area contributed by atoms with Gasteiger partial charge in [-0.2, -0.15) is 0 Å². The summed E-state index contributed by atoms with van der Waals surface area (Å²) in [5.41, 5.74) is 0. The second kappa shape index (κ2) is 22.2. The van der Waals surface area contributed by atoms with Crippen LogP contribution in [0.1, 0.15) is 96.8 Å². The Bertz CT molecular complexity index is 609. The van der Waals surface area contributed by atoms with Crippen molar-refractivity contribution in [3.63, 3.8) is 0 Å². The van der Waals surface area contributed by atoms with Gasteiger partial charge in [0.15, 0.2) is 6.10 Å². The van der Waals surface area contributed by atoms with Gasteiger partial charge in [-0.05, 0) is 32.1 Å². The molecule has 9 nitrogen and oxygen atoms in total. The quantitative estimate of drug-likeness (QED) is 0.0266. The van der Waals surface area contributed by atoms with Crippen molar-refractivity contribution in [1.29, 1.82) is 0 Å². The standard InChI is InChI=1S/C26H52NO8P/c1-5-6-7-8-9-10-11-12-13-14-15-16-17-18-19-20-26(28)32-23-25(35-29)24-34-36(30,31)33-22-21-27(2,3)4/h12-13,25H,5-11,14-24H2,1-4H3,(H-,29,30,31)/p+1/b13-12-. The summed E-state index contributed by atoms with van der Waals surface area (Å²) in [6, 6.07) is 0. The molecule has 0 spiro atoms. The van der Waals surface area contributed by atoms with Crippen LogP contribution >= 0.6 is 7.82 Å². The van der Waals surface area contributed by atoms with Crippen molar-refractivity contribution in [3.8, 4) is 0 Å². The summed E-state index contributed by atoms with van der Waals surface area (Å²) >= 11 is 0. The Morgan fingerprint density at radius 1 is 0.861 bits per heavy atom. The van der Waals surface area contributed by atoms with Crippen molar-refractivity contribution in [1.82, 2.24) is 0 Å². The fourth-order valence-electron chi connectivity index (χ4n) is 3.35. The van der Waals surface area contributed by atoms with Crippen LogP contribution in [0.15, 0.2) is 12.2 Å². The highest BCUT2D eigenvalue weighted by Crippen LogP contribution is 2.43. The number of carbonyl (C=O) groups excluding carboxylic acids is 1. The SMILES string of the molecule is CCCCCCCC/C=C\CCCCCCCC(=O)OCC(COP(=O)(O)OCC[N+](C)(C)C)OO. The van der Waals surface area contributed by atoms with Crippen LogP contribution in [0.3, 0.4) is 0 Å². The minimum absolute atomic E-state index is 0.0346. The Morgan fingerprint density at radius 3 is 1.97 bits per heavy atom. The van der Waals surface area contributed by atoms with Crippen molar-refractivity contribution in [2.45, 2.75) is 103 Å². The normalized spacial score (nSPS) is 14.7. The van der Waals surface area contributed by atoms with E-state index in [1.165, 1.54) is 51.4 Å². The topological polar surface area (TPSA) is 112 Å². The molecule has 0 rings (SSSR count). The molecule has 2 unspecified atom stereocenters. The molecule has 0 heterocycles. The van der Waals surface area contributed by atoms with Crippen LogP contribution in [0, 0.1) is 0 Å². The molecule has 0 amide bonds. The smallest absolute Gasteiger partial charge is 0.463 e. The zero-order chi connectivity index (χ0) is 27.1. The number of unbranched alkanes of at least 4 members (excludes halogenated alkanes) is 11. The molecule has 0 aliphatic rings. The molecule has 0 radical (unpaired) electrons. The van der Waals surface area contributed by atoms with Crippen LogP contribution in [0.25, 0.3) is 0 Å². The van der Waals surface area contributed by atoms with Crippen molar-refractivity contribution >= 4 is 13.8 Å². The predicted octanol–water partition coefficient (Wildman–Crippen LogP) is 6.27. The number of phosphoric acid groups is 1. The van der Waals surface area contributed by atoms with Gasteiger partial charge in [0.1, 0.15) is 19.8 Å². The van der Waals surface area contributed by atoms with Gasteiger partial charge in [0.2, 0.25) is 0 Å². The van der Waals surface area contributed by atoms with Crippen molar-refractivity contribution in [3.05, 3.63) is 12.2 Å². The molecule has 0 fully saturated rings. The van der Waals surface area contributed by atoms with Crippen molar-refractivity contribution in [2.75, 3.05) is 47.5 Å². The van der Waals surface area contributed by atoms with E-state index in [1.54, 1.807) is 0 Å². The first-order chi connectivity index (χ1) is 17.1. The number of hydrogen-bond donors (Lipinski definition) is 2. The van der Waals surface area contributed by atoms with Gasteiger partial charge in [-0.15, -0.1) is 0 Å². The van der Waals surface area contributed by atoms with Gasteiger partial charge in [-0.25, -0.2) is 9.45 Å². The molecule has 0 saturated heterocycles. The highest BCUT2D eigenvalue weighted by molar-refractivity contribution is 7.47. The fraction of sp³-hybridized carbons (Fsp3) is 0.885. The van der Waals surface area contributed by atoms with E-state index < -0.39 is 26.5 Å². The lowest BCUT2D eigenvalue weighted by Gasteiger charge is -2.24. The molecule has 10 heteroatoms. The maximum atomic E-state index is 11.9. The molecule has 0 aromatic carbocycles. The molecule has 2 atom stereocenters. The zero-order valence-corrected chi connectivity index (χ0v) is 24.1. The van der Waals surface area contributed by atoms with E-state index in [1.807, 2.05) is 21.1 Å². The van der Waals surface area contributed by atoms with Gasteiger partial charge in [0, 0.05) is 6.42 Å². The molecule has 0 bridgehead atoms. The Morgan fingerprint density at radius 2 is 1.42 bits per heavy atom. The number of carbonyl (C=O) groups is 1. The Labute approximate surface area is 219 Å². The number of esters is 1. The van der Waals surface area contributed by atoms with E-state index in [2.05, 4.69) is 24.0 Å². The molecule has 0 aliphatic carbocycles. The second-order valence-electron chi connectivity index (χ2n) is 10.4. The molecule has 0 aromatic heterocycles. The third kappa shape index (κ3) is 24.9. The van der Waals surface area contributed by atoms with Crippen LogP contribution < -0.4 is 0 Å². The van der Waals surface area contributed by atoms with Gasteiger partial charge in [0.05, 0.1) is 27.7 Å². The van der Waals surface area contributed by atoms with E-state index in [0.29, 0.717) is 11.0 Å². The summed E-state index contributed by atoms with van der Waals surface area (Å²) < 4.78 is 27.2. The van der Waals surface area contributed by atoms with Crippen LogP contribution in [-0.4, -0.2) is 74.2 Å². The van der Waals surface area contributed by atoms with E-state index >= 15 is 0 Å². The summed E-state index contributed by atoms with van der Waals surface area (Å²) in [6.07, 6.45) is 19.2. The number of phosphoric ester groups is 1. The largest absolute Gasteiger partial charge is 0.472 e. The summed E-state index contributed by atoms with van der Waals surface area (Å²) in [5.74, 6) is -0.402. The lowest BCUT2D eigenvalue weighted by atomic mass is 10.1. The third-order valence-electron chi connectivity index (χ3n) is 5.66.